The Kier molecular flexibility index (Phi) is 17.0. The number of hydrogen-bond acceptors (Lipinski definition) is 10. The van der Waals surface area contributed by atoms with E-state index in [2.05, 4.69) is 17.2 Å². The van der Waals surface area contributed by atoms with Gasteiger partial charge in [-0.3, -0.25) is 14.4 Å². The van der Waals surface area contributed by atoms with E-state index in [0.29, 0.717) is 42.4 Å². The lowest BCUT2D eigenvalue weighted by Crippen LogP contribution is -2.49. The number of cyclic esters (lactones) is 2. The Hall–Kier alpha value is -4.23. The maximum atomic E-state index is 14.0. The van der Waals surface area contributed by atoms with Gasteiger partial charge in [-0.05, 0) is 68.4 Å². The third-order valence-electron chi connectivity index (χ3n) is 9.70. The first-order valence-corrected chi connectivity index (χ1v) is 19.7. The molecule has 0 bridgehead atoms. The molecular formula is C43H57ClN2O10. The summed E-state index contributed by atoms with van der Waals surface area (Å²) >= 11 is 6.39. The molecular weight excluding hydrogens is 740 g/mol. The van der Waals surface area contributed by atoms with Gasteiger partial charge in [0.05, 0.1) is 30.8 Å². The zero-order valence-electron chi connectivity index (χ0n) is 33.3. The molecule has 13 heteroatoms. The van der Waals surface area contributed by atoms with Crippen LogP contribution in [0.2, 0.25) is 5.02 Å². The van der Waals surface area contributed by atoms with Crippen LogP contribution in [-0.4, -0.2) is 80.8 Å². The SMILES string of the molecule is C=CCOCCC[C@H]1CNC(=O)[C@@H](Cc2ccc(OC)c(Cl)c2)NC(=O)/C=C/C[C@@H]([C@H](C)[C@H]2OC(C)(C)O[C@@H]2c2ccccc2)OC(=O)[C@H](CC(C)C)OC1=O. The molecule has 4 rings (SSSR count). The maximum Gasteiger partial charge on any atom is 0.347 e. The summed E-state index contributed by atoms with van der Waals surface area (Å²) in [6.07, 6.45) is 2.69. The zero-order valence-corrected chi connectivity index (χ0v) is 34.0. The van der Waals surface area contributed by atoms with E-state index in [9.17, 15) is 19.2 Å². The van der Waals surface area contributed by atoms with E-state index in [-0.39, 0.29) is 31.7 Å². The first-order chi connectivity index (χ1) is 26.7. The summed E-state index contributed by atoms with van der Waals surface area (Å²) in [7, 11) is 1.50. The molecule has 0 unspecified atom stereocenters. The van der Waals surface area contributed by atoms with Gasteiger partial charge in [0.25, 0.3) is 0 Å². The molecule has 306 valence electrons. The summed E-state index contributed by atoms with van der Waals surface area (Å²) in [5.41, 5.74) is 1.58. The Morgan fingerprint density at radius 1 is 1.02 bits per heavy atom. The van der Waals surface area contributed by atoms with Crippen molar-refractivity contribution in [1.29, 1.82) is 0 Å². The van der Waals surface area contributed by atoms with E-state index < -0.39 is 71.8 Å². The lowest BCUT2D eigenvalue weighted by atomic mass is 9.89. The molecule has 1 fully saturated rings. The van der Waals surface area contributed by atoms with Crippen molar-refractivity contribution in [2.75, 3.05) is 26.9 Å². The minimum atomic E-state index is -1.22. The molecule has 2 amide bonds. The zero-order chi connectivity index (χ0) is 40.8. The number of rotatable bonds is 14. The lowest BCUT2D eigenvalue weighted by Gasteiger charge is -2.31. The lowest BCUT2D eigenvalue weighted by molar-refractivity contribution is -0.180. The Morgan fingerprint density at radius 3 is 2.45 bits per heavy atom. The largest absolute Gasteiger partial charge is 0.495 e. The van der Waals surface area contributed by atoms with Crippen LogP contribution in [0.15, 0.2) is 73.3 Å². The van der Waals surface area contributed by atoms with Gasteiger partial charge in [0.15, 0.2) is 11.9 Å². The first-order valence-electron chi connectivity index (χ1n) is 19.3. The highest BCUT2D eigenvalue weighted by molar-refractivity contribution is 6.32. The average molecular weight is 797 g/mol. The number of hydrogen-bond donors (Lipinski definition) is 2. The summed E-state index contributed by atoms with van der Waals surface area (Å²) in [6, 6.07) is 13.8. The highest BCUT2D eigenvalue weighted by Gasteiger charge is 2.47. The van der Waals surface area contributed by atoms with Crippen LogP contribution >= 0.6 is 11.6 Å². The molecule has 1 saturated heterocycles. The van der Waals surface area contributed by atoms with Gasteiger partial charge in [0.2, 0.25) is 11.8 Å². The number of halogens is 1. The molecule has 7 atom stereocenters. The summed E-state index contributed by atoms with van der Waals surface area (Å²) in [5.74, 6) is -4.18. The van der Waals surface area contributed by atoms with E-state index in [4.69, 9.17) is 40.0 Å². The number of amides is 2. The van der Waals surface area contributed by atoms with Gasteiger partial charge in [-0.2, -0.15) is 0 Å². The average Bonchev–Trinajstić information content (AvgIpc) is 3.49. The van der Waals surface area contributed by atoms with Crippen LogP contribution in [-0.2, 0) is 49.3 Å². The minimum absolute atomic E-state index is 0.0297. The molecule has 0 aromatic heterocycles. The smallest absolute Gasteiger partial charge is 0.347 e. The van der Waals surface area contributed by atoms with Crippen LogP contribution < -0.4 is 15.4 Å². The Labute approximate surface area is 335 Å². The molecule has 0 saturated carbocycles. The Balaban J connectivity index is 1.69. The fraction of sp³-hybridized carbons (Fsp3) is 0.535. The topological polar surface area (TPSA) is 148 Å². The standard InChI is InChI=1S/C43H57ClN2O10/c1-8-21-52-22-13-16-31-26-45-40(48)33(25-29-19-20-35(51-7)32(44)24-29)46-37(47)18-12-17-34(53-42(50)36(23-27(2)3)54-41(31)49)28(4)38-39(56-43(5,6)55-38)30-14-10-9-11-15-30/h8-12,14-15,18-20,24,27-28,31,33-34,36,38-39H,1,13,16-17,21-23,25-26H2,2-7H3,(H,45,48)(H,46,47)/b18-12+/t28-,31-,33+,34-,36-,38+,39+/m0/s1. The number of carbonyl (C=O) groups excluding carboxylic acids is 4. The van der Waals surface area contributed by atoms with Gasteiger partial charge in [0.1, 0.15) is 24.0 Å². The van der Waals surface area contributed by atoms with E-state index >= 15 is 0 Å². The van der Waals surface area contributed by atoms with E-state index in [1.807, 2.05) is 65.0 Å². The quantitative estimate of drug-likeness (QED) is 0.124. The molecule has 0 spiro atoms. The van der Waals surface area contributed by atoms with Gasteiger partial charge in [-0.15, -0.1) is 6.58 Å². The normalized spacial score (nSPS) is 26.1. The highest BCUT2D eigenvalue weighted by atomic mass is 35.5. The van der Waals surface area contributed by atoms with Crippen LogP contribution in [0, 0.1) is 17.8 Å². The van der Waals surface area contributed by atoms with Gasteiger partial charge in [-0.1, -0.05) is 80.9 Å². The molecule has 2 aromatic rings. The van der Waals surface area contributed by atoms with Crippen LogP contribution in [0.1, 0.15) is 77.5 Å². The van der Waals surface area contributed by atoms with Crippen LogP contribution in [0.3, 0.4) is 0 Å². The third-order valence-corrected chi connectivity index (χ3v) is 9.99. The number of methoxy groups -OCH3 is 1. The molecule has 2 aromatic carbocycles. The summed E-state index contributed by atoms with van der Waals surface area (Å²) in [5, 5.41) is 5.99. The van der Waals surface area contributed by atoms with Gasteiger partial charge >= 0.3 is 11.9 Å². The molecule has 2 aliphatic heterocycles. The molecule has 2 aliphatic rings. The second-order valence-electron chi connectivity index (χ2n) is 15.1. The van der Waals surface area contributed by atoms with Gasteiger partial charge in [0, 0.05) is 31.9 Å². The predicted molar refractivity (Wildman–Crippen MR) is 212 cm³/mol. The van der Waals surface area contributed by atoms with Crippen molar-refractivity contribution in [1.82, 2.24) is 10.6 Å². The second-order valence-corrected chi connectivity index (χ2v) is 15.5. The Morgan fingerprint density at radius 2 is 1.77 bits per heavy atom. The third kappa shape index (κ3) is 13.2. The monoisotopic (exact) mass is 796 g/mol. The molecule has 0 aliphatic carbocycles. The van der Waals surface area contributed by atoms with Gasteiger partial charge in [-0.25, -0.2) is 4.79 Å². The van der Waals surface area contributed by atoms with Crippen LogP contribution in [0.25, 0.3) is 0 Å². The number of benzene rings is 2. The summed E-state index contributed by atoms with van der Waals surface area (Å²) in [6.45, 7) is 13.7. The van der Waals surface area contributed by atoms with E-state index in [1.165, 1.54) is 13.2 Å². The molecule has 2 N–H and O–H groups in total. The Bertz CT molecular complexity index is 1660. The van der Waals surface area contributed by atoms with Gasteiger partial charge < -0.3 is 39.1 Å². The van der Waals surface area contributed by atoms with E-state index in [0.717, 1.165) is 5.56 Å². The molecule has 12 nitrogen and oxygen atoms in total. The number of ether oxygens (including phenoxy) is 6. The van der Waals surface area contributed by atoms with Crippen LogP contribution in [0.5, 0.6) is 5.75 Å². The van der Waals surface area contributed by atoms with Crippen molar-refractivity contribution in [2.24, 2.45) is 17.8 Å². The summed E-state index contributed by atoms with van der Waals surface area (Å²) < 4.78 is 35.8. The number of carbonyl (C=O) groups is 4. The van der Waals surface area contributed by atoms with Crippen molar-refractivity contribution in [3.8, 4) is 5.75 Å². The van der Waals surface area contributed by atoms with Crippen molar-refractivity contribution in [3.63, 3.8) is 0 Å². The van der Waals surface area contributed by atoms with Crippen molar-refractivity contribution < 1.29 is 47.6 Å². The number of nitrogens with one attached hydrogen (secondary N) is 2. The predicted octanol–water partition coefficient (Wildman–Crippen LogP) is 6.45. The molecule has 2 heterocycles. The minimum Gasteiger partial charge on any atom is -0.495 e. The van der Waals surface area contributed by atoms with Crippen molar-refractivity contribution in [3.05, 3.63) is 89.5 Å². The van der Waals surface area contributed by atoms with Crippen LogP contribution in [0.4, 0.5) is 0 Å². The molecule has 0 radical (unpaired) electrons. The van der Waals surface area contributed by atoms with Crippen molar-refractivity contribution in [2.45, 2.75) is 103 Å². The summed E-state index contributed by atoms with van der Waals surface area (Å²) in [4.78, 5) is 55.2. The highest BCUT2D eigenvalue weighted by Crippen LogP contribution is 2.43. The first kappa shape index (κ1) is 44.5. The van der Waals surface area contributed by atoms with E-state index in [1.54, 1.807) is 30.4 Å². The fourth-order valence-corrected chi connectivity index (χ4v) is 7.08. The second kappa shape index (κ2) is 21.3. The number of esters is 2. The van der Waals surface area contributed by atoms with Crippen molar-refractivity contribution >= 4 is 35.4 Å². The fourth-order valence-electron chi connectivity index (χ4n) is 6.80. The molecule has 56 heavy (non-hydrogen) atoms. The maximum absolute atomic E-state index is 14.0.